The normalized spacial score (nSPS) is 32.8. The number of fused-ring (bicyclic) bond motifs is 1. The quantitative estimate of drug-likeness (QED) is 0.297. The first-order valence-corrected chi connectivity index (χ1v) is 10.6. The van der Waals surface area contributed by atoms with Crippen molar-refractivity contribution in [3.63, 3.8) is 0 Å². The molecular weight excluding hydrogens is 482 g/mol. The molecule has 5 atom stereocenters. The molecule has 2 rings (SSSR count). The molecule has 0 aromatic carbocycles. The van der Waals surface area contributed by atoms with Crippen molar-refractivity contribution in [3.8, 4) is 0 Å². The summed E-state index contributed by atoms with van der Waals surface area (Å²) in [5.74, 6) is -1.58. The molecule has 0 unspecified atom stereocenters. The zero-order valence-electron chi connectivity index (χ0n) is 15.3. The number of hydrogen-bond donors (Lipinski definition) is 0. The standard InChI is InChI=1S/C12H16F6O10S2/c1-10(2)26-6-5(4-24-29(19,20)11(13,14)15)25-9(23-3)8(7(6)27-10)28-30(21,22)12(16,17)18/h5-9H,4H2,1-3H3/t5-,6+,7+,8-,9+/m1/s1. The van der Waals surface area contributed by atoms with Gasteiger partial charge >= 0.3 is 31.3 Å². The molecule has 2 saturated heterocycles. The fraction of sp³-hybridized carbons (Fsp3) is 1.00. The predicted molar refractivity (Wildman–Crippen MR) is 80.3 cm³/mol. The van der Waals surface area contributed by atoms with Crippen molar-refractivity contribution < 1.29 is 70.5 Å². The summed E-state index contributed by atoms with van der Waals surface area (Å²) >= 11 is 0. The largest absolute Gasteiger partial charge is 0.523 e. The van der Waals surface area contributed by atoms with Gasteiger partial charge in [0.15, 0.2) is 18.2 Å². The van der Waals surface area contributed by atoms with Gasteiger partial charge in [-0.05, 0) is 13.8 Å². The van der Waals surface area contributed by atoms with Crippen LogP contribution in [0.2, 0.25) is 0 Å². The minimum Gasteiger partial charge on any atom is -0.353 e. The van der Waals surface area contributed by atoms with E-state index in [4.69, 9.17) is 18.9 Å². The van der Waals surface area contributed by atoms with Gasteiger partial charge in [-0.2, -0.15) is 43.2 Å². The van der Waals surface area contributed by atoms with Crippen molar-refractivity contribution >= 4 is 20.2 Å². The van der Waals surface area contributed by atoms with Crippen LogP contribution in [0.4, 0.5) is 26.3 Å². The van der Waals surface area contributed by atoms with Crippen LogP contribution in [0.25, 0.3) is 0 Å². The van der Waals surface area contributed by atoms with E-state index < -0.39 is 74.4 Å². The molecule has 0 saturated carbocycles. The second kappa shape index (κ2) is 7.98. The summed E-state index contributed by atoms with van der Waals surface area (Å²) in [6, 6.07) is 0. The highest BCUT2D eigenvalue weighted by molar-refractivity contribution is 7.87. The zero-order chi connectivity index (χ0) is 23.3. The third kappa shape index (κ3) is 5.17. The second-order valence-electron chi connectivity index (χ2n) is 6.49. The van der Waals surface area contributed by atoms with E-state index in [9.17, 15) is 43.2 Å². The molecule has 2 fully saturated rings. The van der Waals surface area contributed by atoms with E-state index in [1.807, 2.05) is 0 Å². The summed E-state index contributed by atoms with van der Waals surface area (Å²) in [6.45, 7) is 1.22. The van der Waals surface area contributed by atoms with Gasteiger partial charge in [0.05, 0.1) is 6.61 Å². The Morgan fingerprint density at radius 1 is 0.900 bits per heavy atom. The molecule has 18 heteroatoms. The first-order chi connectivity index (χ1) is 13.3. The minimum absolute atomic E-state index is 0.868. The summed E-state index contributed by atoms with van der Waals surface area (Å²) in [4.78, 5) is 0. The SMILES string of the molecule is CO[C@H]1O[C@H](COS(=O)(=O)C(F)(F)F)[C@@H]2OC(C)(C)O[C@@H]2[C@H]1OS(=O)(=O)C(F)(F)F. The van der Waals surface area contributed by atoms with E-state index in [1.54, 1.807) is 0 Å². The number of ether oxygens (including phenoxy) is 4. The van der Waals surface area contributed by atoms with Gasteiger partial charge in [0.2, 0.25) is 0 Å². The highest BCUT2D eigenvalue weighted by Gasteiger charge is 2.60. The lowest BCUT2D eigenvalue weighted by molar-refractivity contribution is -0.267. The molecule has 0 spiro atoms. The van der Waals surface area contributed by atoms with E-state index in [0.29, 0.717) is 0 Å². The molecule has 178 valence electrons. The van der Waals surface area contributed by atoms with Gasteiger partial charge in [0.1, 0.15) is 18.3 Å². The van der Waals surface area contributed by atoms with Gasteiger partial charge in [-0.15, -0.1) is 0 Å². The fourth-order valence-electron chi connectivity index (χ4n) is 2.69. The van der Waals surface area contributed by atoms with E-state index >= 15 is 0 Å². The van der Waals surface area contributed by atoms with Gasteiger partial charge < -0.3 is 18.9 Å². The van der Waals surface area contributed by atoms with E-state index in [2.05, 4.69) is 8.37 Å². The lowest BCUT2D eigenvalue weighted by Crippen LogP contribution is -2.60. The zero-order valence-corrected chi connectivity index (χ0v) is 16.9. The van der Waals surface area contributed by atoms with Crippen LogP contribution in [-0.4, -0.2) is 78.1 Å². The summed E-state index contributed by atoms with van der Waals surface area (Å²) in [5, 5.41) is 0. The van der Waals surface area contributed by atoms with Crippen molar-refractivity contribution in [2.75, 3.05) is 13.7 Å². The Kier molecular flexibility index (Phi) is 6.78. The third-order valence-electron chi connectivity index (χ3n) is 3.86. The molecule has 0 amide bonds. The van der Waals surface area contributed by atoms with Crippen LogP contribution < -0.4 is 0 Å². The molecule has 30 heavy (non-hydrogen) atoms. The second-order valence-corrected chi connectivity index (χ2v) is 9.66. The Balaban J connectivity index is 2.31. The summed E-state index contributed by atoms with van der Waals surface area (Å²) in [6.07, 6.45) is -8.93. The van der Waals surface area contributed by atoms with Crippen LogP contribution in [0.15, 0.2) is 0 Å². The van der Waals surface area contributed by atoms with Crippen LogP contribution in [0.3, 0.4) is 0 Å². The molecular formula is C12H16F6O10S2. The molecule has 0 N–H and O–H groups in total. The van der Waals surface area contributed by atoms with Gasteiger partial charge in [-0.3, -0.25) is 8.37 Å². The molecule has 0 radical (unpaired) electrons. The molecule has 2 aliphatic rings. The van der Waals surface area contributed by atoms with Crippen molar-refractivity contribution in [3.05, 3.63) is 0 Å². The molecule has 2 heterocycles. The lowest BCUT2D eigenvalue weighted by Gasteiger charge is -2.40. The maximum Gasteiger partial charge on any atom is 0.523 e. The number of hydrogen-bond acceptors (Lipinski definition) is 10. The summed E-state index contributed by atoms with van der Waals surface area (Å²) < 4.78 is 149. The van der Waals surface area contributed by atoms with Crippen LogP contribution in [-0.2, 0) is 47.5 Å². The first-order valence-electron chi connectivity index (χ1n) is 7.80. The fourth-order valence-corrected chi connectivity index (χ4v) is 3.74. The van der Waals surface area contributed by atoms with Crippen molar-refractivity contribution in [2.24, 2.45) is 0 Å². The van der Waals surface area contributed by atoms with E-state index in [-0.39, 0.29) is 0 Å². The number of methoxy groups -OCH3 is 1. The maximum absolute atomic E-state index is 12.7. The van der Waals surface area contributed by atoms with Crippen molar-refractivity contribution in [2.45, 2.75) is 61.4 Å². The van der Waals surface area contributed by atoms with Gasteiger partial charge in [0, 0.05) is 7.11 Å². The Morgan fingerprint density at radius 2 is 1.40 bits per heavy atom. The van der Waals surface area contributed by atoms with Crippen LogP contribution in [0.1, 0.15) is 13.8 Å². The van der Waals surface area contributed by atoms with E-state index in [0.717, 1.165) is 7.11 Å². The van der Waals surface area contributed by atoms with Crippen LogP contribution in [0.5, 0.6) is 0 Å². The van der Waals surface area contributed by atoms with E-state index in [1.165, 1.54) is 13.8 Å². The van der Waals surface area contributed by atoms with Gasteiger partial charge in [-0.1, -0.05) is 0 Å². The number of alkyl halides is 6. The smallest absolute Gasteiger partial charge is 0.353 e. The highest BCUT2D eigenvalue weighted by atomic mass is 32.2. The van der Waals surface area contributed by atoms with Gasteiger partial charge in [-0.25, -0.2) is 0 Å². The topological polar surface area (TPSA) is 124 Å². The maximum atomic E-state index is 12.7. The highest BCUT2D eigenvalue weighted by Crippen LogP contribution is 2.41. The third-order valence-corrected chi connectivity index (χ3v) is 5.91. The monoisotopic (exact) mass is 498 g/mol. The van der Waals surface area contributed by atoms with Crippen molar-refractivity contribution in [1.29, 1.82) is 0 Å². The Labute approximate surface area is 166 Å². The molecule has 0 aromatic rings. The molecule has 0 aromatic heterocycles. The van der Waals surface area contributed by atoms with Crippen LogP contribution in [0, 0.1) is 0 Å². The molecule has 0 aliphatic carbocycles. The minimum atomic E-state index is -6.16. The molecule has 2 aliphatic heterocycles. The summed E-state index contributed by atoms with van der Waals surface area (Å²) in [7, 11) is -11.3. The molecule has 0 bridgehead atoms. The average molecular weight is 498 g/mol. The van der Waals surface area contributed by atoms with Gasteiger partial charge in [0.25, 0.3) is 0 Å². The molecule has 10 nitrogen and oxygen atoms in total. The number of halogens is 6. The van der Waals surface area contributed by atoms with Crippen molar-refractivity contribution in [1.82, 2.24) is 0 Å². The van der Waals surface area contributed by atoms with Crippen LogP contribution >= 0.6 is 0 Å². The number of rotatable bonds is 6. The summed E-state index contributed by atoms with van der Waals surface area (Å²) in [5.41, 5.74) is -11.6. The first kappa shape index (κ1) is 25.5. The predicted octanol–water partition coefficient (Wildman–Crippen LogP) is 0.979. The lowest BCUT2D eigenvalue weighted by atomic mass is 9.99. The average Bonchev–Trinajstić information content (AvgIpc) is 2.87. The Hall–Kier alpha value is -0.760. The Bertz CT molecular complexity index is 837. The Morgan fingerprint density at radius 3 is 1.87 bits per heavy atom.